The minimum absolute atomic E-state index is 0.391. The second kappa shape index (κ2) is 7.60. The van der Waals surface area contributed by atoms with Gasteiger partial charge in [0.2, 0.25) is 11.8 Å². The van der Waals surface area contributed by atoms with Gasteiger partial charge in [0.1, 0.15) is 5.75 Å². The minimum Gasteiger partial charge on any atom is -0.438 e. The Hall–Kier alpha value is -2.13. The van der Waals surface area contributed by atoms with Gasteiger partial charge in [0, 0.05) is 6.54 Å². The van der Waals surface area contributed by atoms with E-state index in [2.05, 4.69) is 44.2 Å². The van der Waals surface area contributed by atoms with Crippen molar-refractivity contribution in [3.63, 3.8) is 0 Å². The molecule has 0 amide bonds. The van der Waals surface area contributed by atoms with E-state index in [0.717, 1.165) is 18.5 Å². The van der Waals surface area contributed by atoms with Crippen LogP contribution >= 0.6 is 15.9 Å². The Bertz CT molecular complexity index is 637. The summed E-state index contributed by atoms with van der Waals surface area (Å²) in [6.07, 6.45) is 3.04. The van der Waals surface area contributed by atoms with Crippen LogP contribution in [0.3, 0.4) is 0 Å². The van der Waals surface area contributed by atoms with Crippen LogP contribution in [0.1, 0.15) is 18.9 Å². The summed E-state index contributed by atoms with van der Waals surface area (Å²) < 4.78 is 6.43. The van der Waals surface area contributed by atoms with Crippen LogP contribution in [0.25, 0.3) is 0 Å². The van der Waals surface area contributed by atoms with Crippen molar-refractivity contribution in [3.8, 4) is 17.7 Å². The van der Waals surface area contributed by atoms with Gasteiger partial charge in [0.05, 0.1) is 23.2 Å². The van der Waals surface area contributed by atoms with Crippen molar-refractivity contribution in [2.45, 2.75) is 19.8 Å². The van der Waals surface area contributed by atoms with Crippen molar-refractivity contribution in [3.05, 3.63) is 40.5 Å². The fraction of sp³-hybridized carbons (Fsp3) is 0.267. The molecule has 0 saturated heterocycles. The third-order valence-corrected chi connectivity index (χ3v) is 3.21. The Labute approximate surface area is 132 Å². The fourth-order valence-corrected chi connectivity index (χ4v) is 1.90. The van der Waals surface area contributed by atoms with E-state index in [0.29, 0.717) is 28.5 Å². The Morgan fingerprint density at radius 2 is 2.10 bits per heavy atom. The molecule has 0 fully saturated rings. The first-order chi connectivity index (χ1) is 10.2. The molecule has 2 aromatic rings. The number of aromatic nitrogens is 2. The SMILES string of the molecule is CCCNc1ncc(Br)c(Oc2ccc(CC#N)cc2)n1. The number of benzene rings is 1. The summed E-state index contributed by atoms with van der Waals surface area (Å²) in [6.45, 7) is 2.88. The zero-order valence-corrected chi connectivity index (χ0v) is 13.2. The summed E-state index contributed by atoms with van der Waals surface area (Å²) in [5.41, 5.74) is 0.955. The molecule has 108 valence electrons. The molecule has 1 aromatic carbocycles. The van der Waals surface area contributed by atoms with Gasteiger partial charge in [-0.05, 0) is 40.0 Å². The number of hydrogen-bond acceptors (Lipinski definition) is 5. The Balaban J connectivity index is 2.12. The molecule has 21 heavy (non-hydrogen) atoms. The molecule has 0 unspecified atom stereocenters. The van der Waals surface area contributed by atoms with Crippen LogP contribution in [0.5, 0.6) is 11.6 Å². The molecule has 0 atom stereocenters. The smallest absolute Gasteiger partial charge is 0.238 e. The first-order valence-electron chi connectivity index (χ1n) is 6.63. The number of halogens is 1. The molecule has 1 aromatic heterocycles. The van der Waals surface area contributed by atoms with Crippen molar-refractivity contribution in [1.29, 1.82) is 5.26 Å². The van der Waals surface area contributed by atoms with Crippen LogP contribution in [0.15, 0.2) is 34.9 Å². The highest BCUT2D eigenvalue weighted by atomic mass is 79.9. The van der Waals surface area contributed by atoms with E-state index in [1.54, 1.807) is 6.20 Å². The van der Waals surface area contributed by atoms with E-state index in [1.165, 1.54) is 0 Å². The third kappa shape index (κ3) is 4.43. The number of nitrogens with zero attached hydrogens (tertiary/aromatic N) is 3. The highest BCUT2D eigenvalue weighted by molar-refractivity contribution is 9.10. The lowest BCUT2D eigenvalue weighted by atomic mass is 10.2. The monoisotopic (exact) mass is 346 g/mol. The highest BCUT2D eigenvalue weighted by Crippen LogP contribution is 2.28. The number of rotatable bonds is 6. The Morgan fingerprint density at radius 3 is 2.76 bits per heavy atom. The number of ether oxygens (including phenoxy) is 1. The molecular weight excluding hydrogens is 332 g/mol. The summed E-state index contributed by atoms with van der Waals surface area (Å²) in [7, 11) is 0. The molecule has 6 heteroatoms. The lowest BCUT2D eigenvalue weighted by molar-refractivity contribution is 0.458. The van der Waals surface area contributed by atoms with Gasteiger partial charge < -0.3 is 10.1 Å². The van der Waals surface area contributed by atoms with E-state index >= 15 is 0 Å². The number of nitrogens with one attached hydrogen (secondary N) is 1. The average molecular weight is 347 g/mol. The van der Waals surface area contributed by atoms with Gasteiger partial charge in [-0.25, -0.2) is 4.98 Å². The molecule has 0 aliphatic heterocycles. The van der Waals surface area contributed by atoms with E-state index < -0.39 is 0 Å². The van der Waals surface area contributed by atoms with Gasteiger partial charge in [-0.15, -0.1) is 0 Å². The van der Waals surface area contributed by atoms with Crippen molar-refractivity contribution < 1.29 is 4.74 Å². The van der Waals surface area contributed by atoms with Crippen LogP contribution in [-0.2, 0) is 6.42 Å². The number of hydrogen-bond donors (Lipinski definition) is 1. The molecular formula is C15H15BrN4O. The molecule has 2 rings (SSSR count). The van der Waals surface area contributed by atoms with Crippen LogP contribution in [0.2, 0.25) is 0 Å². The Morgan fingerprint density at radius 1 is 1.33 bits per heavy atom. The van der Waals surface area contributed by atoms with Gasteiger partial charge in [0.15, 0.2) is 0 Å². The summed E-state index contributed by atoms with van der Waals surface area (Å²) in [5, 5.41) is 11.8. The topological polar surface area (TPSA) is 70.8 Å². The van der Waals surface area contributed by atoms with Crippen molar-refractivity contribution in [1.82, 2.24) is 9.97 Å². The van der Waals surface area contributed by atoms with Gasteiger partial charge in [0.25, 0.3) is 0 Å². The number of anilines is 1. The first kappa shape index (κ1) is 15.3. The van der Waals surface area contributed by atoms with E-state index in [4.69, 9.17) is 10.00 Å². The molecule has 0 spiro atoms. The van der Waals surface area contributed by atoms with Gasteiger partial charge in [-0.2, -0.15) is 10.2 Å². The molecule has 5 nitrogen and oxygen atoms in total. The van der Waals surface area contributed by atoms with Gasteiger partial charge in [-0.3, -0.25) is 0 Å². The van der Waals surface area contributed by atoms with Crippen molar-refractivity contribution in [2.75, 3.05) is 11.9 Å². The maximum absolute atomic E-state index is 8.65. The molecule has 0 aliphatic rings. The lowest BCUT2D eigenvalue weighted by Gasteiger charge is -2.09. The summed E-state index contributed by atoms with van der Waals surface area (Å²) >= 11 is 3.37. The molecule has 0 saturated carbocycles. The van der Waals surface area contributed by atoms with Gasteiger partial charge in [-0.1, -0.05) is 19.1 Å². The largest absolute Gasteiger partial charge is 0.438 e. The van der Waals surface area contributed by atoms with E-state index in [-0.39, 0.29) is 0 Å². The summed E-state index contributed by atoms with van der Waals surface area (Å²) in [6, 6.07) is 9.48. The summed E-state index contributed by atoms with van der Waals surface area (Å²) in [4.78, 5) is 8.49. The fourth-order valence-electron chi connectivity index (χ4n) is 1.62. The van der Waals surface area contributed by atoms with Crippen molar-refractivity contribution >= 4 is 21.9 Å². The second-order valence-corrected chi connectivity index (χ2v) is 5.21. The first-order valence-corrected chi connectivity index (χ1v) is 7.42. The maximum Gasteiger partial charge on any atom is 0.238 e. The predicted molar refractivity (Wildman–Crippen MR) is 84.3 cm³/mol. The lowest BCUT2D eigenvalue weighted by Crippen LogP contribution is -2.05. The average Bonchev–Trinajstić information content (AvgIpc) is 2.50. The molecule has 0 bridgehead atoms. The zero-order chi connectivity index (χ0) is 15.1. The predicted octanol–water partition coefficient (Wildman–Crippen LogP) is 3.92. The van der Waals surface area contributed by atoms with Crippen LogP contribution in [-0.4, -0.2) is 16.5 Å². The quantitative estimate of drug-likeness (QED) is 0.858. The standard InChI is InChI=1S/C15H15BrN4O/c1-2-9-18-15-19-10-13(16)14(20-15)21-12-5-3-11(4-6-12)7-8-17/h3-6,10H,2,7,9H2,1H3,(H,18,19,20). The van der Waals surface area contributed by atoms with Crippen LogP contribution < -0.4 is 10.1 Å². The molecule has 0 aliphatic carbocycles. The molecule has 0 radical (unpaired) electrons. The zero-order valence-electron chi connectivity index (χ0n) is 11.6. The summed E-state index contributed by atoms with van der Waals surface area (Å²) in [5.74, 6) is 1.66. The maximum atomic E-state index is 8.65. The number of nitriles is 1. The van der Waals surface area contributed by atoms with Crippen molar-refractivity contribution in [2.24, 2.45) is 0 Å². The van der Waals surface area contributed by atoms with Crippen LogP contribution in [0.4, 0.5) is 5.95 Å². The normalized spacial score (nSPS) is 9.95. The molecule has 1 heterocycles. The van der Waals surface area contributed by atoms with Crippen LogP contribution in [0, 0.1) is 11.3 Å². The molecule has 1 N–H and O–H groups in total. The third-order valence-electron chi connectivity index (χ3n) is 2.67. The second-order valence-electron chi connectivity index (χ2n) is 4.35. The Kier molecular flexibility index (Phi) is 5.52. The van der Waals surface area contributed by atoms with Gasteiger partial charge >= 0.3 is 0 Å². The van der Waals surface area contributed by atoms with E-state index in [1.807, 2.05) is 24.3 Å². The van der Waals surface area contributed by atoms with E-state index in [9.17, 15) is 0 Å². The minimum atomic E-state index is 0.391. The highest BCUT2D eigenvalue weighted by Gasteiger charge is 2.07.